The molecule has 0 saturated carbocycles. The van der Waals surface area contributed by atoms with Crippen molar-refractivity contribution >= 4 is 47.9 Å². The summed E-state index contributed by atoms with van der Waals surface area (Å²) in [6, 6.07) is 18.6. The molecule has 2 rings (SSSR count). The second-order valence-corrected chi connectivity index (χ2v) is 18.2. The number of rotatable bonds is 3. The van der Waals surface area contributed by atoms with E-state index < -0.39 is 17.6 Å². The van der Waals surface area contributed by atoms with E-state index in [4.69, 9.17) is 0 Å². The topological polar surface area (TPSA) is 17.1 Å². The SMILES string of the molecule is CC(=O)c1cccc[c]1[Bi]([I])[c]1ccccc1. The first kappa shape index (κ1) is 13.2. The van der Waals surface area contributed by atoms with E-state index in [1.807, 2.05) is 24.3 Å². The zero-order chi connectivity index (χ0) is 12.3. The van der Waals surface area contributed by atoms with Crippen LogP contribution < -0.4 is 6.54 Å². The minimum atomic E-state index is -1.96. The van der Waals surface area contributed by atoms with Gasteiger partial charge >= 0.3 is 120 Å². The molecule has 0 aliphatic rings. The first-order valence-corrected chi connectivity index (χ1v) is 18.6. The number of Topliss-reactive ketones (excluding diaryl/α,β-unsaturated/α-hetero) is 1. The molecule has 0 aromatic heterocycles. The molecule has 0 spiro atoms. The van der Waals surface area contributed by atoms with Gasteiger partial charge < -0.3 is 0 Å². The molecule has 0 saturated heterocycles. The van der Waals surface area contributed by atoms with Crippen molar-refractivity contribution in [3.63, 3.8) is 0 Å². The van der Waals surface area contributed by atoms with Gasteiger partial charge in [-0.25, -0.2) is 0 Å². The molecule has 0 fully saturated rings. The zero-order valence-electron chi connectivity index (χ0n) is 9.43. The Labute approximate surface area is 119 Å². The van der Waals surface area contributed by atoms with E-state index in [0.717, 1.165) is 5.56 Å². The molecule has 0 bridgehead atoms. The predicted octanol–water partition coefficient (Wildman–Crippen LogP) is 2.43. The van der Waals surface area contributed by atoms with Crippen LogP contribution in [0.3, 0.4) is 0 Å². The van der Waals surface area contributed by atoms with Gasteiger partial charge in [-0.15, -0.1) is 0 Å². The van der Waals surface area contributed by atoms with E-state index in [1.54, 1.807) is 6.92 Å². The number of hydrogen-bond acceptors (Lipinski definition) is 1. The molecule has 86 valence electrons. The number of halogens is 1. The summed E-state index contributed by atoms with van der Waals surface area (Å²) >= 11 is 0.627. The van der Waals surface area contributed by atoms with E-state index in [9.17, 15) is 4.79 Å². The molecule has 0 aliphatic heterocycles. The van der Waals surface area contributed by atoms with Crippen LogP contribution in [0.4, 0.5) is 0 Å². The molecule has 0 amide bonds. The van der Waals surface area contributed by atoms with Gasteiger partial charge in [-0.05, 0) is 0 Å². The number of carbonyl (C=O) groups is 1. The summed E-state index contributed by atoms with van der Waals surface area (Å²) in [7, 11) is 0. The Balaban J connectivity index is 2.44. The Hall–Kier alpha value is -0.277. The van der Waals surface area contributed by atoms with Gasteiger partial charge in [0.15, 0.2) is 0 Å². The molecule has 2 aromatic rings. The van der Waals surface area contributed by atoms with E-state index in [-0.39, 0.29) is 5.78 Å². The molecule has 17 heavy (non-hydrogen) atoms. The summed E-state index contributed by atoms with van der Waals surface area (Å²) in [6.07, 6.45) is 0. The van der Waals surface area contributed by atoms with Gasteiger partial charge in [-0.3, -0.25) is 0 Å². The standard InChI is InChI=1S/C8H7O.C6H5.Bi.HI/c1-7(9)8-5-3-2-4-6-8;1-2-4-6-5-3-1;;/h2-5H,1H3;1-5H;;1H/q;;+1;/p-1. The van der Waals surface area contributed by atoms with Gasteiger partial charge in [-0.2, -0.15) is 0 Å². The van der Waals surface area contributed by atoms with Gasteiger partial charge in [0.25, 0.3) is 0 Å². The summed E-state index contributed by atoms with van der Waals surface area (Å²) < 4.78 is 2.72. The third kappa shape index (κ3) is 3.14. The zero-order valence-corrected chi connectivity index (χ0v) is 15.1. The maximum atomic E-state index is 11.6. The van der Waals surface area contributed by atoms with Crippen molar-refractivity contribution < 1.29 is 4.79 Å². The van der Waals surface area contributed by atoms with E-state index in [1.165, 1.54) is 6.54 Å². The Morgan fingerprint density at radius 3 is 2.24 bits per heavy atom. The molecular weight excluding hydrogens is 520 g/mol. The first-order valence-electron chi connectivity index (χ1n) is 5.31. The van der Waals surface area contributed by atoms with Crippen molar-refractivity contribution in [2.24, 2.45) is 0 Å². The van der Waals surface area contributed by atoms with Gasteiger partial charge in [0, 0.05) is 0 Å². The summed E-state index contributed by atoms with van der Waals surface area (Å²) in [6.45, 7) is 1.65. The van der Waals surface area contributed by atoms with Crippen LogP contribution in [0, 0.1) is 0 Å². The van der Waals surface area contributed by atoms with E-state index >= 15 is 0 Å². The molecule has 0 N–H and O–H groups in total. The normalized spacial score (nSPS) is 10.5. The number of ketones is 1. The Morgan fingerprint density at radius 1 is 1.00 bits per heavy atom. The third-order valence-electron chi connectivity index (χ3n) is 2.48. The number of hydrogen-bond donors (Lipinski definition) is 0. The van der Waals surface area contributed by atoms with Gasteiger partial charge in [-0.1, -0.05) is 0 Å². The second-order valence-electron chi connectivity index (χ2n) is 3.69. The minimum absolute atomic E-state index is 0.174. The first-order chi connectivity index (χ1) is 8.20. The maximum absolute atomic E-state index is 11.6. The average molecular weight is 532 g/mol. The fourth-order valence-corrected chi connectivity index (χ4v) is 13.5. The van der Waals surface area contributed by atoms with Crippen LogP contribution in [0.25, 0.3) is 0 Å². The molecule has 3 heteroatoms. The van der Waals surface area contributed by atoms with Crippen LogP contribution in [-0.4, -0.2) is 23.3 Å². The monoisotopic (exact) mass is 532 g/mol. The fraction of sp³-hybridized carbons (Fsp3) is 0.0714. The molecule has 0 heterocycles. The molecule has 0 atom stereocenters. The predicted molar refractivity (Wildman–Crippen MR) is 81.9 cm³/mol. The second kappa shape index (κ2) is 6.06. The van der Waals surface area contributed by atoms with Crippen LogP contribution in [0.2, 0.25) is 0 Å². The van der Waals surface area contributed by atoms with Crippen LogP contribution >= 0.6 is 18.0 Å². The van der Waals surface area contributed by atoms with Crippen molar-refractivity contribution in [2.45, 2.75) is 6.92 Å². The molecule has 1 nitrogen and oxygen atoms in total. The van der Waals surface area contributed by atoms with Crippen LogP contribution in [0.5, 0.6) is 0 Å². The Bertz CT molecular complexity index is 525. The number of carbonyl (C=O) groups excluding carboxylic acids is 1. The summed E-state index contributed by atoms with van der Waals surface area (Å²) in [4.78, 5) is 11.6. The van der Waals surface area contributed by atoms with E-state index in [2.05, 4.69) is 48.4 Å². The van der Waals surface area contributed by atoms with Gasteiger partial charge in [0.2, 0.25) is 0 Å². The summed E-state index contributed by atoms with van der Waals surface area (Å²) in [5.74, 6) is 0.174. The third-order valence-corrected chi connectivity index (χ3v) is 18.0. The molecule has 0 unspecified atom stereocenters. The molecular formula is C14H12BiIO. The van der Waals surface area contributed by atoms with Crippen LogP contribution in [0.1, 0.15) is 17.3 Å². The van der Waals surface area contributed by atoms with E-state index in [0.29, 0.717) is 0 Å². The number of benzene rings is 2. The van der Waals surface area contributed by atoms with Crippen molar-refractivity contribution in [1.29, 1.82) is 0 Å². The van der Waals surface area contributed by atoms with Crippen molar-refractivity contribution in [3.05, 3.63) is 60.2 Å². The van der Waals surface area contributed by atoms with Crippen LogP contribution in [0.15, 0.2) is 54.6 Å². The van der Waals surface area contributed by atoms with Crippen molar-refractivity contribution in [3.8, 4) is 0 Å². The molecule has 0 radical (unpaired) electrons. The quantitative estimate of drug-likeness (QED) is 0.338. The summed E-state index contributed by atoms with van der Waals surface area (Å²) in [5.41, 5.74) is 0.906. The van der Waals surface area contributed by atoms with Crippen molar-refractivity contribution in [1.82, 2.24) is 0 Å². The Kier molecular flexibility index (Phi) is 4.69. The van der Waals surface area contributed by atoms with Gasteiger partial charge in [0.1, 0.15) is 0 Å². The summed E-state index contributed by atoms with van der Waals surface area (Å²) in [5, 5.41) is 0. The van der Waals surface area contributed by atoms with Crippen LogP contribution in [-0.2, 0) is 0 Å². The Morgan fingerprint density at radius 2 is 1.59 bits per heavy atom. The molecule has 0 aliphatic carbocycles. The van der Waals surface area contributed by atoms with Crippen molar-refractivity contribution in [2.75, 3.05) is 0 Å². The van der Waals surface area contributed by atoms with Gasteiger partial charge in [0.05, 0.1) is 0 Å². The average Bonchev–Trinajstić information content (AvgIpc) is 2.39. The molecule has 2 aromatic carbocycles. The fourth-order valence-electron chi connectivity index (χ4n) is 1.64.